The highest BCUT2D eigenvalue weighted by atomic mass is 19.1. The molecule has 144 valence electrons. The van der Waals surface area contributed by atoms with Gasteiger partial charge in [0.1, 0.15) is 11.6 Å². The molecule has 1 fully saturated rings. The lowest BCUT2D eigenvalue weighted by atomic mass is 10.2. The fraction of sp³-hybridized carbons (Fsp3) is 0.400. The van der Waals surface area contributed by atoms with E-state index in [1.165, 1.54) is 6.07 Å². The predicted molar refractivity (Wildman–Crippen MR) is 105 cm³/mol. The van der Waals surface area contributed by atoms with Gasteiger partial charge in [-0.1, -0.05) is 24.3 Å². The second-order valence-electron chi connectivity index (χ2n) is 6.52. The van der Waals surface area contributed by atoms with Gasteiger partial charge in [0.2, 0.25) is 0 Å². The summed E-state index contributed by atoms with van der Waals surface area (Å²) in [6.07, 6.45) is 2.10. The van der Waals surface area contributed by atoms with Crippen LogP contribution in [-0.2, 0) is 17.8 Å². The topological polar surface area (TPSA) is 61.8 Å². The van der Waals surface area contributed by atoms with Gasteiger partial charge in [0.05, 0.1) is 12.7 Å². The monoisotopic (exact) mass is 371 g/mol. The van der Waals surface area contributed by atoms with E-state index in [0.717, 1.165) is 31.1 Å². The Morgan fingerprint density at radius 1 is 1.26 bits per heavy atom. The SMILES string of the molecule is CN=C(NCc1ccc(N2CCOC(C)C2)nc1)NCc1ccccc1F. The minimum atomic E-state index is -0.224. The van der Waals surface area contributed by atoms with Crippen LogP contribution in [0.3, 0.4) is 0 Å². The summed E-state index contributed by atoms with van der Waals surface area (Å²) in [4.78, 5) is 11.0. The highest BCUT2D eigenvalue weighted by Crippen LogP contribution is 2.15. The number of hydrogen-bond acceptors (Lipinski definition) is 4. The molecule has 2 heterocycles. The van der Waals surface area contributed by atoms with Crippen molar-refractivity contribution in [2.75, 3.05) is 31.6 Å². The van der Waals surface area contributed by atoms with Crippen LogP contribution in [-0.4, -0.2) is 43.8 Å². The molecule has 0 amide bonds. The molecule has 0 spiro atoms. The number of aromatic nitrogens is 1. The number of hydrogen-bond donors (Lipinski definition) is 2. The third-order valence-corrected chi connectivity index (χ3v) is 4.46. The maximum Gasteiger partial charge on any atom is 0.191 e. The Morgan fingerprint density at radius 2 is 2.07 bits per heavy atom. The number of ether oxygens (including phenoxy) is 1. The molecule has 0 radical (unpaired) electrons. The lowest BCUT2D eigenvalue weighted by Gasteiger charge is -2.32. The number of nitrogens with zero attached hydrogens (tertiary/aromatic N) is 3. The van der Waals surface area contributed by atoms with Crippen molar-refractivity contribution in [2.24, 2.45) is 4.99 Å². The standard InChI is InChI=1S/C20H26FN5O/c1-15-14-26(9-10-27-15)19-8-7-16(11-23-19)12-24-20(22-2)25-13-17-5-3-4-6-18(17)21/h3-8,11,15H,9-10,12-14H2,1-2H3,(H2,22,24,25). The van der Waals surface area contributed by atoms with Gasteiger partial charge in [0, 0.05) is 45.0 Å². The zero-order valence-corrected chi connectivity index (χ0v) is 15.8. The molecular weight excluding hydrogens is 345 g/mol. The molecule has 0 saturated carbocycles. The Labute approximate surface area is 159 Å². The molecule has 1 aliphatic heterocycles. The highest BCUT2D eigenvalue weighted by molar-refractivity contribution is 5.79. The van der Waals surface area contributed by atoms with Gasteiger partial charge in [-0.25, -0.2) is 9.37 Å². The van der Waals surface area contributed by atoms with Gasteiger partial charge in [-0.3, -0.25) is 4.99 Å². The molecule has 1 aliphatic rings. The molecule has 1 aromatic carbocycles. The molecule has 1 unspecified atom stereocenters. The van der Waals surface area contributed by atoms with Gasteiger partial charge in [-0.15, -0.1) is 0 Å². The fourth-order valence-corrected chi connectivity index (χ4v) is 2.96. The molecule has 0 aliphatic carbocycles. The van der Waals surface area contributed by atoms with Crippen LogP contribution in [0.5, 0.6) is 0 Å². The molecule has 2 N–H and O–H groups in total. The van der Waals surface area contributed by atoms with E-state index in [0.29, 0.717) is 24.6 Å². The van der Waals surface area contributed by atoms with Crippen molar-refractivity contribution in [3.05, 3.63) is 59.5 Å². The van der Waals surface area contributed by atoms with Crippen molar-refractivity contribution in [1.29, 1.82) is 0 Å². The lowest BCUT2D eigenvalue weighted by molar-refractivity contribution is 0.0529. The molecule has 1 aromatic heterocycles. The Kier molecular flexibility index (Phi) is 6.59. The van der Waals surface area contributed by atoms with E-state index < -0.39 is 0 Å². The first kappa shape index (κ1) is 19.1. The number of nitrogens with one attached hydrogen (secondary N) is 2. The van der Waals surface area contributed by atoms with Crippen LogP contribution >= 0.6 is 0 Å². The molecule has 0 bridgehead atoms. The largest absolute Gasteiger partial charge is 0.375 e. The van der Waals surface area contributed by atoms with E-state index in [2.05, 4.69) is 38.5 Å². The molecule has 7 heteroatoms. The maximum absolute atomic E-state index is 13.7. The van der Waals surface area contributed by atoms with E-state index in [1.54, 1.807) is 19.2 Å². The summed E-state index contributed by atoms with van der Waals surface area (Å²) in [5.74, 6) is 1.36. The van der Waals surface area contributed by atoms with Crippen LogP contribution in [0.25, 0.3) is 0 Å². The highest BCUT2D eigenvalue weighted by Gasteiger charge is 2.17. The number of anilines is 1. The number of pyridine rings is 1. The molecule has 1 saturated heterocycles. The van der Waals surface area contributed by atoms with Crippen molar-refractivity contribution < 1.29 is 9.13 Å². The van der Waals surface area contributed by atoms with Crippen molar-refractivity contribution in [1.82, 2.24) is 15.6 Å². The summed E-state index contributed by atoms with van der Waals surface area (Å²) >= 11 is 0. The number of rotatable bonds is 5. The fourth-order valence-electron chi connectivity index (χ4n) is 2.96. The molecule has 6 nitrogen and oxygen atoms in total. The van der Waals surface area contributed by atoms with Gasteiger partial charge in [-0.05, 0) is 24.6 Å². The summed E-state index contributed by atoms with van der Waals surface area (Å²) in [5, 5.41) is 6.35. The van der Waals surface area contributed by atoms with E-state index in [-0.39, 0.29) is 11.9 Å². The first-order chi connectivity index (χ1) is 13.2. The Morgan fingerprint density at radius 3 is 2.78 bits per heavy atom. The minimum Gasteiger partial charge on any atom is -0.375 e. The third-order valence-electron chi connectivity index (χ3n) is 4.46. The van der Waals surface area contributed by atoms with Gasteiger partial charge >= 0.3 is 0 Å². The summed E-state index contributed by atoms with van der Waals surface area (Å²) in [5.41, 5.74) is 1.65. The molecule has 27 heavy (non-hydrogen) atoms. The maximum atomic E-state index is 13.7. The molecule has 2 aromatic rings. The number of guanidine groups is 1. The summed E-state index contributed by atoms with van der Waals surface area (Å²) in [7, 11) is 1.69. The zero-order chi connectivity index (χ0) is 19.1. The number of halogens is 1. The van der Waals surface area contributed by atoms with Crippen LogP contribution in [0.2, 0.25) is 0 Å². The van der Waals surface area contributed by atoms with E-state index >= 15 is 0 Å². The van der Waals surface area contributed by atoms with Crippen LogP contribution in [0.15, 0.2) is 47.6 Å². The second-order valence-corrected chi connectivity index (χ2v) is 6.52. The lowest BCUT2D eigenvalue weighted by Crippen LogP contribution is -2.41. The third kappa shape index (κ3) is 5.40. The van der Waals surface area contributed by atoms with Crippen molar-refractivity contribution in [2.45, 2.75) is 26.1 Å². The first-order valence-corrected chi connectivity index (χ1v) is 9.15. The zero-order valence-electron chi connectivity index (χ0n) is 15.8. The summed E-state index contributed by atoms with van der Waals surface area (Å²) in [6.45, 7) is 5.49. The Bertz CT molecular complexity index is 765. The second kappa shape index (κ2) is 9.32. The Hall–Kier alpha value is -2.67. The van der Waals surface area contributed by atoms with Crippen molar-refractivity contribution in [3.63, 3.8) is 0 Å². The number of benzene rings is 1. The van der Waals surface area contributed by atoms with Gasteiger partial charge < -0.3 is 20.3 Å². The van der Waals surface area contributed by atoms with Crippen LogP contribution < -0.4 is 15.5 Å². The van der Waals surface area contributed by atoms with E-state index in [4.69, 9.17) is 4.74 Å². The number of morpholine rings is 1. The van der Waals surface area contributed by atoms with E-state index in [9.17, 15) is 4.39 Å². The van der Waals surface area contributed by atoms with Crippen LogP contribution in [0, 0.1) is 5.82 Å². The van der Waals surface area contributed by atoms with Gasteiger partial charge in [0.15, 0.2) is 5.96 Å². The molecule has 1 atom stereocenters. The normalized spacial score (nSPS) is 17.7. The van der Waals surface area contributed by atoms with Crippen molar-refractivity contribution in [3.8, 4) is 0 Å². The first-order valence-electron chi connectivity index (χ1n) is 9.15. The smallest absolute Gasteiger partial charge is 0.191 e. The predicted octanol–water partition coefficient (Wildman–Crippen LogP) is 2.31. The van der Waals surface area contributed by atoms with E-state index in [1.807, 2.05) is 18.3 Å². The summed E-state index contributed by atoms with van der Waals surface area (Å²) in [6, 6.07) is 10.8. The molecule has 3 rings (SSSR count). The molecular formula is C20H26FN5O. The average molecular weight is 371 g/mol. The van der Waals surface area contributed by atoms with Crippen molar-refractivity contribution >= 4 is 11.8 Å². The Balaban J connectivity index is 1.50. The number of aliphatic imine (C=N–C) groups is 1. The minimum absolute atomic E-state index is 0.224. The van der Waals surface area contributed by atoms with Gasteiger partial charge in [-0.2, -0.15) is 0 Å². The quantitative estimate of drug-likeness (QED) is 0.624. The van der Waals surface area contributed by atoms with Crippen LogP contribution in [0.1, 0.15) is 18.1 Å². The van der Waals surface area contributed by atoms with Gasteiger partial charge in [0.25, 0.3) is 0 Å². The van der Waals surface area contributed by atoms with Crippen LogP contribution in [0.4, 0.5) is 10.2 Å². The average Bonchev–Trinajstić information content (AvgIpc) is 2.70. The summed E-state index contributed by atoms with van der Waals surface area (Å²) < 4.78 is 19.3.